The van der Waals surface area contributed by atoms with Crippen LogP contribution in [0.5, 0.6) is 0 Å². The number of aromatic nitrogens is 3. The third kappa shape index (κ3) is 4.03. The number of likely N-dealkylation sites (tertiary alicyclic amines) is 1. The molecule has 0 spiro atoms. The summed E-state index contributed by atoms with van der Waals surface area (Å²) in [6, 6.07) is 0. The molecule has 1 fully saturated rings. The molecule has 1 atom stereocenters. The van der Waals surface area contributed by atoms with Crippen LogP contribution in [0.2, 0.25) is 0 Å². The van der Waals surface area contributed by atoms with Gasteiger partial charge in [0, 0.05) is 45.5 Å². The molecule has 0 bridgehead atoms. The molecule has 6 nitrogen and oxygen atoms in total. The molecule has 1 aliphatic rings. The van der Waals surface area contributed by atoms with Crippen molar-refractivity contribution in [1.29, 1.82) is 0 Å². The molecule has 1 aliphatic heterocycles. The zero-order chi connectivity index (χ0) is 14.4. The van der Waals surface area contributed by atoms with Crippen molar-refractivity contribution in [2.24, 2.45) is 13.0 Å². The lowest BCUT2D eigenvalue weighted by Crippen LogP contribution is -2.29. The highest BCUT2D eigenvalue weighted by molar-refractivity contribution is 5.76. The lowest BCUT2D eigenvalue weighted by atomic mass is 10.1. The van der Waals surface area contributed by atoms with Gasteiger partial charge >= 0.3 is 0 Å². The summed E-state index contributed by atoms with van der Waals surface area (Å²) in [7, 11) is 1.90. The zero-order valence-corrected chi connectivity index (χ0v) is 12.4. The topological polar surface area (TPSA) is 60.2 Å². The smallest absolute Gasteiger partial charge is 0.223 e. The Morgan fingerprint density at radius 3 is 3.10 bits per heavy atom. The van der Waals surface area contributed by atoms with Gasteiger partial charge in [0.25, 0.3) is 0 Å². The van der Waals surface area contributed by atoms with Crippen molar-refractivity contribution >= 4 is 5.91 Å². The second-order valence-corrected chi connectivity index (χ2v) is 5.43. The van der Waals surface area contributed by atoms with E-state index < -0.39 is 0 Å². The highest BCUT2D eigenvalue weighted by Crippen LogP contribution is 2.18. The number of nitrogens with zero attached hydrogens (tertiary/aromatic N) is 4. The predicted octanol–water partition coefficient (Wildman–Crippen LogP) is 1.02. The minimum Gasteiger partial charge on any atom is -0.381 e. The van der Waals surface area contributed by atoms with Gasteiger partial charge < -0.3 is 14.2 Å². The predicted molar refractivity (Wildman–Crippen MR) is 75.1 cm³/mol. The van der Waals surface area contributed by atoms with E-state index in [0.717, 1.165) is 45.0 Å². The van der Waals surface area contributed by atoms with Gasteiger partial charge in [-0.25, -0.2) is 0 Å². The van der Waals surface area contributed by atoms with E-state index in [1.54, 1.807) is 6.33 Å². The molecule has 2 heterocycles. The molecule has 1 unspecified atom stereocenters. The van der Waals surface area contributed by atoms with Gasteiger partial charge in [0.1, 0.15) is 12.2 Å². The highest BCUT2D eigenvalue weighted by atomic mass is 16.5. The van der Waals surface area contributed by atoms with E-state index in [1.807, 2.05) is 16.5 Å². The first-order chi connectivity index (χ1) is 9.70. The monoisotopic (exact) mass is 280 g/mol. The van der Waals surface area contributed by atoms with Crippen LogP contribution < -0.4 is 0 Å². The van der Waals surface area contributed by atoms with Crippen molar-refractivity contribution in [3.63, 3.8) is 0 Å². The maximum absolute atomic E-state index is 12.2. The first-order valence-electron chi connectivity index (χ1n) is 7.39. The largest absolute Gasteiger partial charge is 0.381 e. The summed E-state index contributed by atoms with van der Waals surface area (Å²) in [6.07, 6.45) is 4.93. The third-order valence-corrected chi connectivity index (χ3v) is 3.71. The molecule has 6 heteroatoms. The maximum Gasteiger partial charge on any atom is 0.223 e. The lowest BCUT2D eigenvalue weighted by molar-refractivity contribution is -0.130. The molecule has 1 aromatic heterocycles. The zero-order valence-electron chi connectivity index (χ0n) is 12.4. The second kappa shape index (κ2) is 7.38. The van der Waals surface area contributed by atoms with E-state index in [1.165, 1.54) is 0 Å². The minimum atomic E-state index is 0.214. The molecular weight excluding hydrogens is 256 g/mol. The standard InChI is InChI=1S/C14H24N4O2/c1-3-8-20-10-12-6-7-18(9-12)14(19)5-4-13-16-15-11-17(13)2/h11-12H,3-10H2,1-2H3. The molecule has 0 radical (unpaired) electrons. The number of carbonyl (C=O) groups excluding carboxylic acids is 1. The van der Waals surface area contributed by atoms with Crippen molar-refractivity contribution in [3.05, 3.63) is 12.2 Å². The molecule has 2 rings (SSSR count). The summed E-state index contributed by atoms with van der Waals surface area (Å²) >= 11 is 0. The van der Waals surface area contributed by atoms with E-state index >= 15 is 0 Å². The van der Waals surface area contributed by atoms with E-state index in [0.29, 0.717) is 18.8 Å². The number of hydrogen-bond donors (Lipinski definition) is 0. The number of hydrogen-bond acceptors (Lipinski definition) is 4. The Morgan fingerprint density at radius 1 is 1.55 bits per heavy atom. The van der Waals surface area contributed by atoms with Gasteiger partial charge in [0.15, 0.2) is 0 Å². The van der Waals surface area contributed by atoms with E-state index in [2.05, 4.69) is 17.1 Å². The minimum absolute atomic E-state index is 0.214. The quantitative estimate of drug-likeness (QED) is 0.700. The lowest BCUT2D eigenvalue weighted by Gasteiger charge is -2.16. The number of carbonyl (C=O) groups is 1. The summed E-state index contributed by atoms with van der Waals surface area (Å²) in [6.45, 7) is 5.40. The maximum atomic E-state index is 12.2. The Balaban J connectivity index is 1.70. The second-order valence-electron chi connectivity index (χ2n) is 5.43. The van der Waals surface area contributed by atoms with Crippen molar-refractivity contribution in [1.82, 2.24) is 19.7 Å². The molecule has 0 saturated carbocycles. The summed E-state index contributed by atoms with van der Waals surface area (Å²) in [5, 5.41) is 7.82. The van der Waals surface area contributed by atoms with Crippen LogP contribution in [0.4, 0.5) is 0 Å². The molecule has 1 aromatic rings. The van der Waals surface area contributed by atoms with Gasteiger partial charge in [-0.1, -0.05) is 6.92 Å². The molecular formula is C14H24N4O2. The molecule has 0 N–H and O–H groups in total. The Hall–Kier alpha value is -1.43. The fraction of sp³-hybridized carbons (Fsp3) is 0.786. The van der Waals surface area contributed by atoms with Gasteiger partial charge in [-0.05, 0) is 12.8 Å². The molecule has 0 aromatic carbocycles. The molecule has 112 valence electrons. The van der Waals surface area contributed by atoms with Crippen molar-refractivity contribution in [3.8, 4) is 0 Å². The van der Waals surface area contributed by atoms with Crippen LogP contribution >= 0.6 is 0 Å². The van der Waals surface area contributed by atoms with Crippen LogP contribution in [0, 0.1) is 5.92 Å². The van der Waals surface area contributed by atoms with Crippen LogP contribution in [0.25, 0.3) is 0 Å². The molecule has 0 aliphatic carbocycles. The average molecular weight is 280 g/mol. The van der Waals surface area contributed by atoms with Gasteiger partial charge in [-0.15, -0.1) is 10.2 Å². The number of amides is 1. The normalized spacial score (nSPS) is 18.7. The van der Waals surface area contributed by atoms with Crippen LogP contribution in [0.1, 0.15) is 32.0 Å². The van der Waals surface area contributed by atoms with Crippen LogP contribution in [-0.4, -0.2) is 51.9 Å². The summed E-state index contributed by atoms with van der Waals surface area (Å²) in [5.74, 6) is 1.58. The van der Waals surface area contributed by atoms with E-state index in [4.69, 9.17) is 4.74 Å². The van der Waals surface area contributed by atoms with E-state index in [-0.39, 0.29) is 5.91 Å². The van der Waals surface area contributed by atoms with Gasteiger partial charge in [-0.3, -0.25) is 4.79 Å². The molecule has 1 amide bonds. The van der Waals surface area contributed by atoms with Crippen molar-refractivity contribution < 1.29 is 9.53 Å². The van der Waals surface area contributed by atoms with E-state index in [9.17, 15) is 4.79 Å². The van der Waals surface area contributed by atoms with Crippen LogP contribution in [0.3, 0.4) is 0 Å². The summed E-state index contributed by atoms with van der Waals surface area (Å²) in [5.41, 5.74) is 0. The third-order valence-electron chi connectivity index (χ3n) is 3.71. The Morgan fingerprint density at radius 2 is 2.40 bits per heavy atom. The first kappa shape index (κ1) is 15.0. The molecule has 20 heavy (non-hydrogen) atoms. The van der Waals surface area contributed by atoms with Gasteiger partial charge in [-0.2, -0.15) is 0 Å². The van der Waals surface area contributed by atoms with Gasteiger partial charge in [0.2, 0.25) is 5.91 Å². The van der Waals surface area contributed by atoms with Crippen molar-refractivity contribution in [2.45, 2.75) is 32.6 Å². The highest BCUT2D eigenvalue weighted by Gasteiger charge is 2.26. The fourth-order valence-electron chi connectivity index (χ4n) is 2.50. The SMILES string of the molecule is CCCOCC1CCN(C(=O)CCc2nncn2C)C1. The number of ether oxygens (including phenoxy) is 1. The fourth-order valence-corrected chi connectivity index (χ4v) is 2.50. The summed E-state index contributed by atoms with van der Waals surface area (Å²) < 4.78 is 7.43. The van der Waals surface area contributed by atoms with Crippen LogP contribution in [0.15, 0.2) is 6.33 Å². The summed E-state index contributed by atoms with van der Waals surface area (Å²) in [4.78, 5) is 14.1. The Bertz CT molecular complexity index is 433. The Labute approximate surface area is 120 Å². The van der Waals surface area contributed by atoms with Crippen LogP contribution in [-0.2, 0) is 23.0 Å². The first-order valence-corrected chi connectivity index (χ1v) is 7.39. The van der Waals surface area contributed by atoms with Crippen molar-refractivity contribution in [2.75, 3.05) is 26.3 Å². The number of rotatable bonds is 7. The number of aryl methyl sites for hydroxylation is 2. The average Bonchev–Trinajstić information content (AvgIpc) is 3.06. The Kier molecular flexibility index (Phi) is 5.52. The van der Waals surface area contributed by atoms with Gasteiger partial charge in [0.05, 0.1) is 6.61 Å². The molecule has 1 saturated heterocycles.